The Bertz CT molecular complexity index is 563. The first-order valence-corrected chi connectivity index (χ1v) is 8.92. The van der Waals surface area contributed by atoms with Gasteiger partial charge in [-0.05, 0) is 13.3 Å². The minimum absolute atomic E-state index is 0.000306. The highest BCUT2D eigenvalue weighted by atomic mass is 32.1. The smallest absolute Gasteiger partial charge is 0.248 e. The van der Waals surface area contributed by atoms with Gasteiger partial charge in [0.25, 0.3) is 0 Å². The number of aryl methyl sites for hydroxylation is 1. The molecule has 0 N–H and O–H groups in total. The first-order valence-electron chi connectivity index (χ1n) is 8.04. The summed E-state index contributed by atoms with van der Waals surface area (Å²) in [6.45, 7) is 5.73. The topological polar surface area (TPSA) is 54.9 Å². The summed E-state index contributed by atoms with van der Waals surface area (Å²) in [7, 11) is 3.49. The van der Waals surface area contributed by atoms with E-state index in [1.54, 1.807) is 30.3 Å². The van der Waals surface area contributed by atoms with Crippen LogP contribution in [-0.2, 0) is 20.8 Å². The summed E-state index contributed by atoms with van der Waals surface area (Å²) in [5, 5.41) is 0. The van der Waals surface area contributed by atoms with Crippen LogP contribution in [0.2, 0.25) is 0 Å². The zero-order valence-electron chi connectivity index (χ0n) is 14.1. The predicted octanol–water partition coefficient (Wildman–Crippen LogP) is 1.29. The van der Waals surface area contributed by atoms with E-state index in [2.05, 4.69) is 16.8 Å². The number of nitrogens with zero attached hydrogens (tertiary/aromatic N) is 3. The molecule has 2 saturated heterocycles. The highest BCUT2D eigenvalue weighted by Gasteiger charge is 2.46. The molecule has 1 aromatic rings. The largest absolute Gasteiger partial charge is 0.371 e. The van der Waals surface area contributed by atoms with Gasteiger partial charge in [-0.3, -0.25) is 9.69 Å². The fourth-order valence-corrected chi connectivity index (χ4v) is 4.07. The van der Waals surface area contributed by atoms with Crippen LogP contribution in [0, 0.1) is 6.92 Å². The van der Waals surface area contributed by atoms with E-state index in [0.29, 0.717) is 6.61 Å². The van der Waals surface area contributed by atoms with Crippen molar-refractivity contribution in [3.05, 3.63) is 16.1 Å². The molecule has 0 bridgehead atoms. The van der Waals surface area contributed by atoms with E-state index < -0.39 is 0 Å². The second-order valence-corrected chi connectivity index (χ2v) is 7.68. The third-order valence-electron chi connectivity index (χ3n) is 4.72. The number of hydrogen-bond donors (Lipinski definition) is 0. The molecule has 3 heterocycles. The lowest BCUT2D eigenvalue weighted by Gasteiger charge is -2.23. The molecular weight excluding hydrogens is 314 g/mol. The fourth-order valence-electron chi connectivity index (χ4n) is 3.26. The molecule has 0 aromatic carbocycles. The molecule has 2 fully saturated rings. The van der Waals surface area contributed by atoms with E-state index in [1.807, 2.05) is 5.51 Å². The van der Waals surface area contributed by atoms with Crippen LogP contribution in [-0.4, -0.2) is 72.8 Å². The standard InChI is InChI=1S/C16H25N3O3S/c1-12-14(23-11-17-12)7-19-5-4-16(10-19)6-13(8-22-16)21-9-15(20)18(2)3/h11,13H,4-10H2,1-3H3/t13-,16-/m1/s1. The molecule has 0 saturated carbocycles. The molecule has 2 aliphatic heterocycles. The third-order valence-corrected chi connectivity index (χ3v) is 5.64. The highest BCUT2D eigenvalue weighted by molar-refractivity contribution is 7.09. The zero-order chi connectivity index (χ0) is 16.4. The summed E-state index contributed by atoms with van der Waals surface area (Å²) < 4.78 is 11.8. The van der Waals surface area contributed by atoms with Crippen LogP contribution in [0.3, 0.4) is 0 Å². The molecule has 1 aromatic heterocycles. The van der Waals surface area contributed by atoms with Crippen molar-refractivity contribution in [1.29, 1.82) is 0 Å². The van der Waals surface area contributed by atoms with Gasteiger partial charge in [0, 0.05) is 45.0 Å². The second-order valence-electron chi connectivity index (χ2n) is 6.74. The van der Waals surface area contributed by atoms with Crippen molar-refractivity contribution in [1.82, 2.24) is 14.8 Å². The van der Waals surface area contributed by atoms with Crippen molar-refractivity contribution in [2.75, 3.05) is 40.4 Å². The number of hydrogen-bond acceptors (Lipinski definition) is 6. The number of carbonyl (C=O) groups is 1. The molecule has 3 rings (SSSR count). The highest BCUT2D eigenvalue weighted by Crippen LogP contribution is 2.37. The second kappa shape index (κ2) is 6.84. The van der Waals surface area contributed by atoms with Crippen LogP contribution in [0.4, 0.5) is 0 Å². The Morgan fingerprint density at radius 1 is 1.61 bits per heavy atom. The Morgan fingerprint density at radius 2 is 2.43 bits per heavy atom. The number of amides is 1. The van der Waals surface area contributed by atoms with Gasteiger partial charge in [-0.25, -0.2) is 4.98 Å². The first kappa shape index (κ1) is 16.8. The molecule has 2 aliphatic rings. The monoisotopic (exact) mass is 339 g/mol. The van der Waals surface area contributed by atoms with Crippen molar-refractivity contribution in [3.8, 4) is 0 Å². The SMILES string of the molecule is Cc1ncsc1CN1CC[C@@]2(C[C@@H](OCC(=O)N(C)C)CO2)C1. The van der Waals surface area contributed by atoms with Crippen molar-refractivity contribution in [3.63, 3.8) is 0 Å². The number of ether oxygens (including phenoxy) is 2. The number of rotatable bonds is 5. The summed E-state index contributed by atoms with van der Waals surface area (Å²) in [6, 6.07) is 0. The molecule has 0 radical (unpaired) electrons. The van der Waals surface area contributed by atoms with Gasteiger partial charge in [0.1, 0.15) is 6.61 Å². The van der Waals surface area contributed by atoms with Crippen LogP contribution in [0.25, 0.3) is 0 Å². The van der Waals surface area contributed by atoms with Crippen LogP contribution in [0.5, 0.6) is 0 Å². The van der Waals surface area contributed by atoms with E-state index >= 15 is 0 Å². The first-order chi connectivity index (χ1) is 11.0. The number of likely N-dealkylation sites (N-methyl/N-ethyl adjacent to an activating group) is 1. The number of likely N-dealkylation sites (tertiary alicyclic amines) is 1. The lowest BCUT2D eigenvalue weighted by molar-refractivity contribution is -0.135. The molecule has 0 aliphatic carbocycles. The Hall–Kier alpha value is -1.02. The number of thiazole rings is 1. The molecule has 23 heavy (non-hydrogen) atoms. The van der Waals surface area contributed by atoms with E-state index in [1.165, 1.54) is 4.88 Å². The van der Waals surface area contributed by atoms with Crippen molar-refractivity contribution >= 4 is 17.2 Å². The zero-order valence-corrected chi connectivity index (χ0v) is 14.9. The van der Waals surface area contributed by atoms with Gasteiger partial charge in [0.2, 0.25) is 5.91 Å². The summed E-state index contributed by atoms with van der Waals surface area (Å²) in [6.07, 6.45) is 1.95. The van der Waals surface area contributed by atoms with Crippen molar-refractivity contribution in [2.24, 2.45) is 0 Å². The fraction of sp³-hybridized carbons (Fsp3) is 0.750. The summed E-state index contributed by atoms with van der Waals surface area (Å²) in [5.41, 5.74) is 2.95. The van der Waals surface area contributed by atoms with Crippen LogP contribution in [0.15, 0.2) is 5.51 Å². The van der Waals surface area contributed by atoms with E-state index in [0.717, 1.165) is 38.2 Å². The molecule has 2 atom stereocenters. The molecule has 1 amide bonds. The molecule has 6 nitrogen and oxygen atoms in total. The minimum Gasteiger partial charge on any atom is -0.371 e. The molecule has 7 heteroatoms. The lowest BCUT2D eigenvalue weighted by atomic mass is 9.98. The van der Waals surface area contributed by atoms with Crippen LogP contribution in [0.1, 0.15) is 23.4 Å². The molecule has 1 spiro atoms. The van der Waals surface area contributed by atoms with Gasteiger partial charge in [0.15, 0.2) is 0 Å². The maximum Gasteiger partial charge on any atom is 0.248 e. The Morgan fingerprint density at radius 3 is 3.13 bits per heavy atom. The van der Waals surface area contributed by atoms with Crippen LogP contribution < -0.4 is 0 Å². The Balaban J connectivity index is 1.48. The normalized spacial score (nSPS) is 27.9. The Kier molecular flexibility index (Phi) is 5.01. The number of aromatic nitrogens is 1. The van der Waals surface area contributed by atoms with Gasteiger partial charge in [-0.2, -0.15) is 0 Å². The van der Waals surface area contributed by atoms with Crippen LogP contribution >= 0.6 is 11.3 Å². The summed E-state index contributed by atoms with van der Waals surface area (Å²) in [4.78, 5) is 21.3. The molecular formula is C16H25N3O3S. The van der Waals surface area contributed by atoms with Crippen molar-refractivity contribution < 1.29 is 14.3 Å². The van der Waals surface area contributed by atoms with Gasteiger partial charge in [-0.1, -0.05) is 0 Å². The molecule has 0 unspecified atom stereocenters. The minimum atomic E-state index is -0.0928. The van der Waals surface area contributed by atoms with Gasteiger partial charge in [0.05, 0.1) is 29.5 Å². The molecule has 128 valence electrons. The summed E-state index contributed by atoms with van der Waals surface area (Å²) in [5.74, 6) is -0.000306. The average molecular weight is 339 g/mol. The Labute approximate surface area is 141 Å². The number of carbonyl (C=O) groups excluding carboxylic acids is 1. The van der Waals surface area contributed by atoms with Gasteiger partial charge >= 0.3 is 0 Å². The lowest BCUT2D eigenvalue weighted by Crippen LogP contribution is -2.33. The quantitative estimate of drug-likeness (QED) is 0.809. The average Bonchev–Trinajstić information content (AvgIpc) is 3.21. The van der Waals surface area contributed by atoms with E-state index in [-0.39, 0.29) is 24.2 Å². The van der Waals surface area contributed by atoms with E-state index in [4.69, 9.17) is 9.47 Å². The van der Waals surface area contributed by atoms with Gasteiger partial charge in [-0.15, -0.1) is 11.3 Å². The van der Waals surface area contributed by atoms with E-state index in [9.17, 15) is 4.79 Å². The maximum absolute atomic E-state index is 11.6. The maximum atomic E-state index is 11.6. The predicted molar refractivity (Wildman–Crippen MR) is 88.5 cm³/mol. The van der Waals surface area contributed by atoms with Gasteiger partial charge < -0.3 is 14.4 Å². The van der Waals surface area contributed by atoms with Crippen molar-refractivity contribution in [2.45, 2.75) is 38.0 Å². The summed E-state index contributed by atoms with van der Waals surface area (Å²) >= 11 is 1.72. The third kappa shape index (κ3) is 3.91.